The van der Waals surface area contributed by atoms with Crippen LogP contribution in [0.1, 0.15) is 50.6 Å². The molecule has 1 N–H and O–H groups in total. The summed E-state index contributed by atoms with van der Waals surface area (Å²) in [6.07, 6.45) is 3.09. The lowest BCUT2D eigenvalue weighted by molar-refractivity contribution is -0.132. The van der Waals surface area contributed by atoms with Gasteiger partial charge in [-0.15, -0.1) is 0 Å². The number of rotatable bonds is 8. The molecule has 1 saturated heterocycles. The predicted molar refractivity (Wildman–Crippen MR) is 154 cm³/mol. The Hall–Kier alpha value is -4.83. The molecule has 0 aliphatic carbocycles. The summed E-state index contributed by atoms with van der Waals surface area (Å²) in [5.41, 5.74) is 3.27. The van der Waals surface area contributed by atoms with Crippen LogP contribution in [-0.2, 0) is 20.9 Å². The molecule has 41 heavy (non-hydrogen) atoms. The molecule has 5 rings (SSSR count). The highest BCUT2D eigenvalue weighted by Crippen LogP contribution is 2.43. The fourth-order valence-corrected chi connectivity index (χ4v) is 5.54. The van der Waals surface area contributed by atoms with Crippen LogP contribution in [-0.4, -0.2) is 39.3 Å². The first kappa shape index (κ1) is 27.7. The number of pyridine rings is 1. The van der Waals surface area contributed by atoms with E-state index in [0.717, 1.165) is 22.5 Å². The van der Waals surface area contributed by atoms with Gasteiger partial charge < -0.3 is 14.6 Å². The average molecular weight is 570 g/mol. The Kier molecular flexibility index (Phi) is 7.93. The van der Waals surface area contributed by atoms with Gasteiger partial charge in [-0.1, -0.05) is 41.7 Å². The van der Waals surface area contributed by atoms with Crippen LogP contribution in [0, 0.1) is 13.8 Å². The number of ketones is 1. The highest BCUT2D eigenvalue weighted by atomic mass is 32.1. The molecule has 9 nitrogen and oxygen atoms in total. The number of carbonyl (C=O) groups is 3. The van der Waals surface area contributed by atoms with E-state index in [4.69, 9.17) is 9.47 Å². The van der Waals surface area contributed by atoms with Crippen LogP contribution in [0.4, 0.5) is 5.13 Å². The topological polar surface area (TPSA) is 119 Å². The third kappa shape index (κ3) is 5.46. The Labute approximate surface area is 240 Å². The van der Waals surface area contributed by atoms with Crippen molar-refractivity contribution in [3.8, 4) is 5.75 Å². The van der Waals surface area contributed by atoms with Gasteiger partial charge in [-0.2, -0.15) is 0 Å². The number of aryl methyl sites for hydroxylation is 2. The summed E-state index contributed by atoms with van der Waals surface area (Å²) >= 11 is 0.951. The number of anilines is 1. The van der Waals surface area contributed by atoms with Crippen molar-refractivity contribution in [3.63, 3.8) is 0 Å². The molecule has 10 heteroatoms. The van der Waals surface area contributed by atoms with Gasteiger partial charge in [0.1, 0.15) is 23.0 Å². The van der Waals surface area contributed by atoms with E-state index in [9.17, 15) is 19.5 Å². The van der Waals surface area contributed by atoms with Crippen LogP contribution in [0.25, 0.3) is 5.76 Å². The van der Waals surface area contributed by atoms with E-state index in [1.807, 2.05) is 31.2 Å². The second-order valence-electron chi connectivity index (χ2n) is 9.33. The molecule has 1 aliphatic heterocycles. The van der Waals surface area contributed by atoms with Crippen molar-refractivity contribution in [2.24, 2.45) is 0 Å². The lowest BCUT2D eigenvalue weighted by Gasteiger charge is -2.22. The van der Waals surface area contributed by atoms with E-state index in [1.165, 1.54) is 11.1 Å². The van der Waals surface area contributed by atoms with Gasteiger partial charge in [-0.05, 0) is 67.8 Å². The molecule has 0 bridgehead atoms. The molecule has 0 spiro atoms. The monoisotopic (exact) mass is 569 g/mol. The minimum absolute atomic E-state index is 0.109. The van der Waals surface area contributed by atoms with Gasteiger partial charge >= 0.3 is 11.9 Å². The fraction of sp³-hybridized carbons (Fsp3) is 0.194. The van der Waals surface area contributed by atoms with E-state index >= 15 is 0 Å². The van der Waals surface area contributed by atoms with Crippen molar-refractivity contribution < 1.29 is 29.0 Å². The summed E-state index contributed by atoms with van der Waals surface area (Å²) in [6.45, 7) is 5.90. The summed E-state index contributed by atoms with van der Waals surface area (Å²) in [5, 5.41) is 11.5. The lowest BCUT2D eigenvalue weighted by Crippen LogP contribution is -2.29. The molecule has 1 atom stereocenters. The van der Waals surface area contributed by atoms with E-state index < -0.39 is 23.7 Å². The summed E-state index contributed by atoms with van der Waals surface area (Å²) < 4.78 is 11.0. The number of aliphatic hydroxyl groups is 1. The number of esters is 1. The summed E-state index contributed by atoms with van der Waals surface area (Å²) in [5.74, 6) is -2.07. The number of aromatic nitrogens is 2. The number of Topliss-reactive ketones (excluding diaryl/α,β-unsaturated/α-hetero) is 1. The number of hydrogen-bond acceptors (Lipinski definition) is 9. The van der Waals surface area contributed by atoms with Crippen LogP contribution in [0.15, 0.2) is 78.6 Å². The molecule has 0 saturated carbocycles. The summed E-state index contributed by atoms with van der Waals surface area (Å²) in [7, 11) is 0. The zero-order valence-corrected chi connectivity index (χ0v) is 23.5. The number of ether oxygens (including phenoxy) is 2. The van der Waals surface area contributed by atoms with E-state index in [2.05, 4.69) is 9.97 Å². The SMILES string of the molecule is CCOC(=O)c1sc(N2C(=O)C(=O)/C(=C(/O)c3ccc(OCc4ccccc4C)cc3)C2c2cccnc2)nc1C. The Balaban J connectivity index is 1.51. The number of carbonyl (C=O) groups excluding carboxylic acids is 3. The molecular weight excluding hydrogens is 542 g/mol. The Bertz CT molecular complexity index is 1650. The average Bonchev–Trinajstić information content (AvgIpc) is 3.49. The summed E-state index contributed by atoms with van der Waals surface area (Å²) in [4.78, 5) is 49.2. The zero-order valence-electron chi connectivity index (χ0n) is 22.7. The number of thiazole rings is 1. The van der Waals surface area contributed by atoms with E-state index in [0.29, 0.717) is 29.2 Å². The summed E-state index contributed by atoms with van der Waals surface area (Å²) in [6, 6.07) is 16.9. The molecule has 2 aromatic carbocycles. The van der Waals surface area contributed by atoms with Gasteiger partial charge in [0.05, 0.1) is 23.9 Å². The molecule has 1 unspecified atom stereocenters. The largest absolute Gasteiger partial charge is 0.507 e. The third-order valence-electron chi connectivity index (χ3n) is 6.68. The van der Waals surface area contributed by atoms with E-state index in [-0.39, 0.29) is 27.9 Å². The number of aliphatic hydroxyl groups excluding tert-OH is 1. The zero-order chi connectivity index (χ0) is 29.1. The first-order valence-electron chi connectivity index (χ1n) is 12.9. The normalized spacial score (nSPS) is 16.2. The van der Waals surface area contributed by atoms with Gasteiger partial charge in [-0.3, -0.25) is 19.5 Å². The minimum Gasteiger partial charge on any atom is -0.507 e. The molecule has 1 fully saturated rings. The van der Waals surface area contributed by atoms with Crippen molar-refractivity contribution in [2.45, 2.75) is 33.4 Å². The standard InChI is InChI=1S/C31H27N3O6S/c1-4-39-30(38)28-19(3)33-31(41-28)34-25(21-10-7-15-32-16-21)24(27(36)29(34)37)26(35)20-11-13-23(14-12-20)40-17-22-9-6-5-8-18(22)2/h5-16,25,35H,4,17H2,1-3H3/b26-24+. The van der Waals surface area contributed by atoms with Crippen LogP contribution in [0.2, 0.25) is 0 Å². The maximum atomic E-state index is 13.4. The number of benzene rings is 2. The first-order chi connectivity index (χ1) is 19.8. The molecule has 4 aromatic rings. The minimum atomic E-state index is -1.01. The predicted octanol–water partition coefficient (Wildman–Crippen LogP) is 5.54. The van der Waals surface area contributed by atoms with Crippen LogP contribution >= 0.6 is 11.3 Å². The highest BCUT2D eigenvalue weighted by molar-refractivity contribution is 7.17. The van der Waals surface area contributed by atoms with Crippen molar-refractivity contribution in [3.05, 3.63) is 111 Å². The lowest BCUT2D eigenvalue weighted by atomic mass is 9.96. The Morgan fingerprint density at radius 2 is 1.80 bits per heavy atom. The molecule has 1 amide bonds. The molecule has 0 radical (unpaired) electrons. The first-order valence-corrected chi connectivity index (χ1v) is 13.7. The second-order valence-corrected chi connectivity index (χ2v) is 10.3. The third-order valence-corrected chi connectivity index (χ3v) is 7.82. The van der Waals surface area contributed by atoms with Gasteiger partial charge in [0, 0.05) is 18.0 Å². The second kappa shape index (κ2) is 11.7. The van der Waals surface area contributed by atoms with Crippen LogP contribution in [0.3, 0.4) is 0 Å². The van der Waals surface area contributed by atoms with Gasteiger partial charge in [0.25, 0.3) is 5.78 Å². The molecule has 2 aromatic heterocycles. The van der Waals surface area contributed by atoms with Gasteiger partial charge in [0.15, 0.2) is 5.13 Å². The van der Waals surface area contributed by atoms with Crippen molar-refractivity contribution in [1.82, 2.24) is 9.97 Å². The molecule has 208 valence electrons. The van der Waals surface area contributed by atoms with Crippen molar-refractivity contribution in [1.29, 1.82) is 0 Å². The molecule has 1 aliphatic rings. The van der Waals surface area contributed by atoms with Gasteiger partial charge in [-0.25, -0.2) is 9.78 Å². The number of nitrogens with zero attached hydrogens (tertiary/aromatic N) is 3. The number of amides is 1. The molecule has 3 heterocycles. The maximum Gasteiger partial charge on any atom is 0.350 e. The van der Waals surface area contributed by atoms with Crippen molar-refractivity contribution in [2.75, 3.05) is 11.5 Å². The smallest absolute Gasteiger partial charge is 0.350 e. The molecular formula is C31H27N3O6S. The number of hydrogen-bond donors (Lipinski definition) is 1. The van der Waals surface area contributed by atoms with E-state index in [1.54, 1.807) is 56.4 Å². The van der Waals surface area contributed by atoms with Crippen molar-refractivity contribution >= 4 is 39.9 Å². The Morgan fingerprint density at radius 3 is 2.49 bits per heavy atom. The Morgan fingerprint density at radius 1 is 1.05 bits per heavy atom. The highest BCUT2D eigenvalue weighted by Gasteiger charge is 2.48. The maximum absolute atomic E-state index is 13.4. The van der Waals surface area contributed by atoms with Gasteiger partial charge in [0.2, 0.25) is 0 Å². The van der Waals surface area contributed by atoms with Crippen LogP contribution in [0.5, 0.6) is 5.75 Å². The quantitative estimate of drug-likeness (QED) is 0.127. The van der Waals surface area contributed by atoms with Crippen LogP contribution < -0.4 is 9.64 Å². The fourth-order valence-electron chi connectivity index (χ4n) is 4.55.